The average molecular weight is 555 g/mol. The third-order valence-corrected chi connectivity index (χ3v) is 9.11. The van der Waals surface area contributed by atoms with Crippen molar-refractivity contribution in [3.05, 3.63) is 127 Å². The molecule has 0 aliphatic carbocycles. The van der Waals surface area contributed by atoms with E-state index < -0.39 is 17.3 Å². The van der Waals surface area contributed by atoms with E-state index in [2.05, 4.69) is 46.4 Å². The van der Waals surface area contributed by atoms with Crippen LogP contribution in [0.15, 0.2) is 116 Å². The van der Waals surface area contributed by atoms with Gasteiger partial charge >= 0.3 is 229 Å². The number of aromatic nitrogens is 2. The summed E-state index contributed by atoms with van der Waals surface area (Å²) in [7, 11) is 0. The molecule has 5 nitrogen and oxygen atoms in total. The number of fused-ring (bicyclic) bond motifs is 2. The second-order valence-corrected chi connectivity index (χ2v) is 11.9. The molecular formula is C32H25GaN2O3. The van der Waals surface area contributed by atoms with Crippen LogP contribution in [-0.4, -0.2) is 27.3 Å². The number of nitrogens with zero attached hydrogens (tertiary/aromatic N) is 2. The molecule has 0 fully saturated rings. The number of hydrogen-bond acceptors (Lipinski definition) is 5. The fourth-order valence-electron chi connectivity index (χ4n) is 4.42. The Morgan fingerprint density at radius 1 is 0.526 bits per heavy atom. The molecule has 2 heterocycles. The van der Waals surface area contributed by atoms with Crippen molar-refractivity contribution in [3.8, 4) is 28.4 Å². The van der Waals surface area contributed by atoms with Crippen molar-refractivity contribution in [1.82, 2.24) is 9.97 Å². The van der Waals surface area contributed by atoms with Crippen molar-refractivity contribution < 1.29 is 10.6 Å². The fraction of sp³-hybridized carbons (Fsp3) is 0.0625. The third kappa shape index (κ3) is 5.23. The molecule has 38 heavy (non-hydrogen) atoms. The fourth-order valence-corrected chi connectivity index (χ4v) is 7.19. The Kier molecular flexibility index (Phi) is 6.73. The summed E-state index contributed by atoms with van der Waals surface area (Å²) in [6, 6.07) is 34.3. The monoisotopic (exact) mass is 554 g/mol. The van der Waals surface area contributed by atoms with Crippen molar-refractivity contribution in [1.29, 1.82) is 0 Å². The zero-order valence-corrected chi connectivity index (χ0v) is 23.6. The van der Waals surface area contributed by atoms with Crippen LogP contribution < -0.4 is 10.6 Å². The van der Waals surface area contributed by atoms with Gasteiger partial charge in [-0.25, -0.2) is 0 Å². The second-order valence-electron chi connectivity index (χ2n) is 9.21. The van der Waals surface area contributed by atoms with Gasteiger partial charge in [0.2, 0.25) is 0 Å². The first kappa shape index (κ1) is 24.1. The molecule has 0 saturated heterocycles. The van der Waals surface area contributed by atoms with Gasteiger partial charge < -0.3 is 0 Å². The molecule has 0 atom stereocenters. The number of para-hydroxylation sites is 2. The zero-order chi connectivity index (χ0) is 25.9. The predicted molar refractivity (Wildman–Crippen MR) is 152 cm³/mol. The summed E-state index contributed by atoms with van der Waals surface area (Å²) in [5.74, 6) is 2.00. The van der Waals surface area contributed by atoms with Gasteiger partial charge in [-0.15, -0.1) is 0 Å². The van der Waals surface area contributed by atoms with Crippen LogP contribution in [0.1, 0.15) is 11.1 Å². The molecule has 6 rings (SSSR count). The molecule has 0 radical (unpaired) electrons. The molecule has 0 bridgehead atoms. The Hall–Kier alpha value is -4.26. The van der Waals surface area contributed by atoms with Gasteiger partial charge in [-0.1, -0.05) is 0 Å². The first-order valence-electron chi connectivity index (χ1n) is 12.5. The minimum atomic E-state index is -3.43. The molecule has 0 saturated carbocycles. The predicted octanol–water partition coefficient (Wildman–Crippen LogP) is 7.59. The normalized spacial score (nSPS) is 10.9. The summed E-state index contributed by atoms with van der Waals surface area (Å²) in [4.78, 5) is 9.27. The van der Waals surface area contributed by atoms with E-state index in [-0.39, 0.29) is 0 Å². The van der Waals surface area contributed by atoms with Gasteiger partial charge in [0.05, 0.1) is 0 Å². The summed E-state index contributed by atoms with van der Waals surface area (Å²) in [6.07, 6.45) is 3.69. The van der Waals surface area contributed by atoms with Crippen molar-refractivity contribution >= 4 is 39.1 Å². The van der Waals surface area contributed by atoms with Crippen LogP contribution in [0.2, 0.25) is 0 Å². The maximum absolute atomic E-state index is 6.52. The molecule has 0 amide bonds. The molecule has 0 spiro atoms. The van der Waals surface area contributed by atoms with Crippen molar-refractivity contribution in [3.63, 3.8) is 0 Å². The molecule has 2 aromatic heterocycles. The van der Waals surface area contributed by atoms with Gasteiger partial charge in [0.15, 0.2) is 0 Å². The Morgan fingerprint density at radius 3 is 1.61 bits per heavy atom. The first-order chi connectivity index (χ1) is 18.6. The third-order valence-electron chi connectivity index (χ3n) is 6.26. The van der Waals surface area contributed by atoms with Gasteiger partial charge in [-0.3, -0.25) is 0 Å². The molecule has 0 N–H and O–H groups in total. The Bertz CT molecular complexity index is 1640. The van der Waals surface area contributed by atoms with Crippen LogP contribution in [0.4, 0.5) is 0 Å². The molecule has 0 aliphatic heterocycles. The van der Waals surface area contributed by atoms with E-state index in [1.807, 2.05) is 93.0 Å². The quantitative estimate of drug-likeness (QED) is 0.190. The molecule has 6 aromatic rings. The molecule has 184 valence electrons. The van der Waals surface area contributed by atoms with Crippen molar-refractivity contribution in [2.24, 2.45) is 0 Å². The first-order valence-corrected chi connectivity index (χ1v) is 15.5. The van der Waals surface area contributed by atoms with Crippen molar-refractivity contribution in [2.75, 3.05) is 0 Å². The van der Waals surface area contributed by atoms with Gasteiger partial charge in [-0.2, -0.15) is 0 Å². The van der Waals surface area contributed by atoms with Crippen LogP contribution >= 0.6 is 0 Å². The van der Waals surface area contributed by atoms with Gasteiger partial charge in [0.25, 0.3) is 0 Å². The number of benzene rings is 4. The summed E-state index contributed by atoms with van der Waals surface area (Å²) in [6.45, 7) is 4.06. The zero-order valence-electron chi connectivity index (χ0n) is 21.2. The average Bonchev–Trinajstić information content (AvgIpc) is 2.94. The maximum atomic E-state index is 6.52. The molecule has 6 heteroatoms. The van der Waals surface area contributed by atoms with E-state index in [1.165, 1.54) is 0 Å². The van der Waals surface area contributed by atoms with E-state index in [1.54, 1.807) is 0 Å². The van der Waals surface area contributed by atoms with Crippen LogP contribution in [0.25, 0.3) is 32.9 Å². The van der Waals surface area contributed by atoms with Crippen LogP contribution in [0.5, 0.6) is 17.2 Å². The Labute approximate surface area is 227 Å². The van der Waals surface area contributed by atoms with Crippen LogP contribution in [0, 0.1) is 13.8 Å². The minimum absolute atomic E-state index is 0.650. The van der Waals surface area contributed by atoms with E-state index in [0.717, 1.165) is 44.1 Å². The van der Waals surface area contributed by atoms with Gasteiger partial charge in [0.1, 0.15) is 0 Å². The Morgan fingerprint density at radius 2 is 1.05 bits per heavy atom. The number of rotatable bonds is 7. The van der Waals surface area contributed by atoms with E-state index in [0.29, 0.717) is 17.2 Å². The van der Waals surface area contributed by atoms with E-state index in [4.69, 9.17) is 10.6 Å². The van der Waals surface area contributed by atoms with Crippen LogP contribution in [-0.2, 0) is 0 Å². The summed E-state index contributed by atoms with van der Waals surface area (Å²) in [5.41, 5.74) is 6.02. The summed E-state index contributed by atoms with van der Waals surface area (Å²) >= 11 is -3.43. The topological polar surface area (TPSA) is 53.5 Å². The standard InChI is InChI=1S/C12H10O.2C10H9NO.Ga/c13-12-8-6-11(7-9-12)10-4-2-1-3-5-10;2*1-7-5-8-3-2-4-9(12)10(8)11-6-7;/h1-9,13H;2*2-6,12H,1H3;/q;;;+3/p-3. The number of pyridine rings is 2. The SMILES string of the molecule is Cc1cnc2c([O][Ga]([O]c3ccc(-c4ccccc4)cc3)[O]c3cccc4cc(C)cnc34)cccc2c1. The second kappa shape index (κ2) is 10.6. The van der Waals surface area contributed by atoms with Gasteiger partial charge in [-0.05, 0) is 0 Å². The number of aryl methyl sites for hydroxylation is 2. The van der Waals surface area contributed by atoms with E-state index >= 15 is 0 Å². The number of hydrogen-bond donors (Lipinski definition) is 0. The van der Waals surface area contributed by atoms with Crippen molar-refractivity contribution in [2.45, 2.75) is 13.8 Å². The van der Waals surface area contributed by atoms with E-state index in [9.17, 15) is 0 Å². The summed E-state index contributed by atoms with van der Waals surface area (Å²) < 4.78 is 19.5. The van der Waals surface area contributed by atoms with Gasteiger partial charge in [0, 0.05) is 0 Å². The van der Waals surface area contributed by atoms with Crippen LogP contribution in [0.3, 0.4) is 0 Å². The molecule has 4 aromatic carbocycles. The molecular weight excluding hydrogens is 530 g/mol. The summed E-state index contributed by atoms with van der Waals surface area (Å²) in [5, 5.41) is 2.02. The molecule has 0 unspecified atom stereocenters. The molecule has 0 aliphatic rings. The Balaban J connectivity index is 1.34.